The third-order valence-corrected chi connectivity index (χ3v) is 6.49. The van der Waals surface area contributed by atoms with Crippen LogP contribution in [-0.4, -0.2) is 37.6 Å². The average molecular weight is 392 g/mol. The van der Waals surface area contributed by atoms with Crippen molar-refractivity contribution in [1.29, 1.82) is 0 Å². The molecule has 2 N–H and O–H groups in total. The number of halogens is 1. The lowest BCUT2D eigenvalue weighted by Crippen LogP contribution is -2.35. The van der Waals surface area contributed by atoms with Gasteiger partial charge in [-0.15, -0.1) is 0 Å². The van der Waals surface area contributed by atoms with Gasteiger partial charge in [0.2, 0.25) is 5.91 Å². The molecule has 2 rings (SSSR count). The van der Waals surface area contributed by atoms with Crippen LogP contribution >= 0.6 is 0 Å². The van der Waals surface area contributed by atoms with Crippen LogP contribution in [0.15, 0.2) is 59.5 Å². The Morgan fingerprint density at radius 1 is 1.11 bits per heavy atom. The second-order valence-electron chi connectivity index (χ2n) is 6.46. The Labute approximate surface area is 159 Å². The van der Waals surface area contributed by atoms with Crippen molar-refractivity contribution in [1.82, 2.24) is 4.90 Å². The molecule has 5 nitrogen and oxygen atoms in total. The van der Waals surface area contributed by atoms with Gasteiger partial charge < -0.3 is 10.6 Å². The van der Waals surface area contributed by atoms with Crippen molar-refractivity contribution in [2.75, 3.05) is 13.1 Å². The first-order valence-corrected chi connectivity index (χ1v) is 10.4. The summed E-state index contributed by atoms with van der Waals surface area (Å²) in [5.74, 6) is -0.751. The second kappa shape index (κ2) is 9.62. The summed E-state index contributed by atoms with van der Waals surface area (Å²) in [6.07, 6.45) is 0.495. The van der Waals surface area contributed by atoms with E-state index in [4.69, 9.17) is 5.73 Å². The maximum absolute atomic E-state index is 13.1. The van der Waals surface area contributed by atoms with Gasteiger partial charge in [-0.25, -0.2) is 12.8 Å². The van der Waals surface area contributed by atoms with Gasteiger partial charge in [-0.2, -0.15) is 0 Å². The third kappa shape index (κ3) is 5.87. The predicted octanol–water partition coefficient (Wildman–Crippen LogP) is 2.76. The number of nitrogens with two attached hydrogens (primary N) is 1. The fourth-order valence-corrected chi connectivity index (χ4v) is 4.06. The number of sulfone groups is 1. The Morgan fingerprint density at radius 2 is 1.74 bits per heavy atom. The van der Waals surface area contributed by atoms with E-state index in [9.17, 15) is 17.6 Å². The molecule has 1 amide bonds. The van der Waals surface area contributed by atoms with E-state index in [-0.39, 0.29) is 17.2 Å². The van der Waals surface area contributed by atoms with Crippen LogP contribution in [0, 0.1) is 5.82 Å². The highest BCUT2D eigenvalue weighted by molar-refractivity contribution is 7.92. The van der Waals surface area contributed by atoms with Crippen molar-refractivity contribution >= 4 is 15.7 Å². The molecule has 146 valence electrons. The minimum atomic E-state index is -3.72. The lowest BCUT2D eigenvalue weighted by atomic mass is 10.2. The number of hydrogen-bond acceptors (Lipinski definition) is 4. The van der Waals surface area contributed by atoms with Crippen molar-refractivity contribution < 1.29 is 17.6 Å². The summed E-state index contributed by atoms with van der Waals surface area (Å²) >= 11 is 0. The molecule has 0 saturated carbocycles. The zero-order valence-electron chi connectivity index (χ0n) is 15.3. The highest BCUT2D eigenvalue weighted by Gasteiger charge is 2.27. The number of hydrogen-bond donors (Lipinski definition) is 1. The summed E-state index contributed by atoms with van der Waals surface area (Å²) in [4.78, 5) is 14.4. The SMILES string of the molecule is CC(CC(=O)N(CCCN)Cc1ccccc1)S(=O)(=O)c1ccc(F)cc1. The molecule has 1 unspecified atom stereocenters. The largest absolute Gasteiger partial charge is 0.338 e. The molecule has 0 spiro atoms. The average Bonchev–Trinajstić information content (AvgIpc) is 2.66. The van der Waals surface area contributed by atoms with E-state index in [2.05, 4.69) is 0 Å². The van der Waals surface area contributed by atoms with Crippen LogP contribution in [0.1, 0.15) is 25.3 Å². The number of nitrogens with zero attached hydrogens (tertiary/aromatic N) is 1. The van der Waals surface area contributed by atoms with Gasteiger partial charge >= 0.3 is 0 Å². The van der Waals surface area contributed by atoms with E-state index >= 15 is 0 Å². The smallest absolute Gasteiger partial charge is 0.224 e. The lowest BCUT2D eigenvalue weighted by molar-refractivity contribution is -0.131. The minimum Gasteiger partial charge on any atom is -0.338 e. The molecule has 0 aliphatic rings. The van der Waals surface area contributed by atoms with E-state index in [1.54, 1.807) is 4.90 Å². The van der Waals surface area contributed by atoms with Gasteiger partial charge in [0.1, 0.15) is 5.82 Å². The van der Waals surface area contributed by atoms with Gasteiger partial charge in [-0.1, -0.05) is 30.3 Å². The Hall–Kier alpha value is -2.25. The van der Waals surface area contributed by atoms with Crippen LogP contribution < -0.4 is 5.73 Å². The first-order chi connectivity index (χ1) is 12.8. The zero-order chi connectivity index (χ0) is 19.9. The van der Waals surface area contributed by atoms with Crippen LogP contribution in [0.5, 0.6) is 0 Å². The minimum absolute atomic E-state index is 0.0146. The Balaban J connectivity index is 2.11. The molecule has 0 saturated heterocycles. The Morgan fingerprint density at radius 3 is 2.33 bits per heavy atom. The van der Waals surface area contributed by atoms with E-state index in [1.165, 1.54) is 19.1 Å². The third-order valence-electron chi connectivity index (χ3n) is 4.34. The molecule has 27 heavy (non-hydrogen) atoms. The summed E-state index contributed by atoms with van der Waals surface area (Å²) in [6.45, 7) is 2.82. The molecule has 2 aromatic carbocycles. The van der Waals surface area contributed by atoms with Crippen LogP contribution in [-0.2, 0) is 21.2 Å². The summed E-state index contributed by atoms with van der Waals surface area (Å²) in [6, 6.07) is 14.2. The summed E-state index contributed by atoms with van der Waals surface area (Å²) in [5, 5.41) is -0.911. The topological polar surface area (TPSA) is 80.5 Å². The highest BCUT2D eigenvalue weighted by atomic mass is 32.2. The molecule has 7 heteroatoms. The van der Waals surface area contributed by atoms with Crippen LogP contribution in [0.25, 0.3) is 0 Å². The molecule has 0 aromatic heterocycles. The van der Waals surface area contributed by atoms with E-state index < -0.39 is 20.9 Å². The van der Waals surface area contributed by atoms with Crippen LogP contribution in [0.4, 0.5) is 4.39 Å². The molecule has 1 atom stereocenters. The summed E-state index contributed by atoms with van der Waals surface area (Å²) in [7, 11) is -3.72. The molecule has 0 bridgehead atoms. The summed E-state index contributed by atoms with van der Waals surface area (Å²) in [5.41, 5.74) is 6.53. The molecular formula is C20H25FN2O3S. The standard InChI is InChI=1S/C20H25FN2O3S/c1-16(27(25,26)19-10-8-18(21)9-11-19)14-20(24)23(13-5-12-22)15-17-6-3-2-4-7-17/h2-4,6-11,16H,5,12-15,22H2,1H3. The number of amides is 1. The van der Waals surface area contributed by atoms with Crippen molar-refractivity contribution in [2.45, 2.75) is 36.5 Å². The van der Waals surface area contributed by atoms with Crippen LogP contribution in [0.2, 0.25) is 0 Å². The molecule has 0 aliphatic carbocycles. The lowest BCUT2D eigenvalue weighted by Gasteiger charge is -2.24. The van der Waals surface area contributed by atoms with E-state index in [0.717, 1.165) is 17.7 Å². The Bertz CT molecular complexity index is 839. The fourth-order valence-electron chi connectivity index (χ4n) is 2.72. The number of rotatable bonds is 9. The first-order valence-electron chi connectivity index (χ1n) is 8.86. The molecule has 0 heterocycles. The van der Waals surface area contributed by atoms with Gasteiger partial charge in [0.15, 0.2) is 9.84 Å². The van der Waals surface area contributed by atoms with Gasteiger partial charge in [0.25, 0.3) is 0 Å². The maximum Gasteiger partial charge on any atom is 0.224 e. The summed E-state index contributed by atoms with van der Waals surface area (Å²) < 4.78 is 38.4. The van der Waals surface area contributed by atoms with Crippen molar-refractivity contribution in [3.63, 3.8) is 0 Å². The number of carbonyl (C=O) groups excluding carboxylic acids is 1. The van der Waals surface area contributed by atoms with Gasteiger partial charge in [0, 0.05) is 19.5 Å². The van der Waals surface area contributed by atoms with Crippen LogP contribution in [0.3, 0.4) is 0 Å². The van der Waals surface area contributed by atoms with Gasteiger partial charge in [-0.05, 0) is 49.7 Å². The van der Waals surface area contributed by atoms with E-state index in [0.29, 0.717) is 26.1 Å². The fraction of sp³-hybridized carbons (Fsp3) is 0.350. The quantitative estimate of drug-likeness (QED) is 0.666. The molecule has 0 radical (unpaired) electrons. The van der Waals surface area contributed by atoms with Crippen molar-refractivity contribution in [3.05, 3.63) is 66.0 Å². The number of carbonyl (C=O) groups is 1. The second-order valence-corrected chi connectivity index (χ2v) is 8.82. The monoisotopic (exact) mass is 392 g/mol. The molecule has 0 fully saturated rings. The highest BCUT2D eigenvalue weighted by Crippen LogP contribution is 2.20. The predicted molar refractivity (Wildman–Crippen MR) is 103 cm³/mol. The molecule has 2 aromatic rings. The Kier molecular flexibility index (Phi) is 7.50. The molecule has 0 aliphatic heterocycles. The normalized spacial score (nSPS) is 12.6. The van der Waals surface area contributed by atoms with E-state index in [1.807, 2.05) is 30.3 Å². The number of benzene rings is 2. The maximum atomic E-state index is 13.1. The van der Waals surface area contributed by atoms with Crippen molar-refractivity contribution in [3.8, 4) is 0 Å². The zero-order valence-corrected chi connectivity index (χ0v) is 16.2. The molecular weight excluding hydrogens is 367 g/mol. The van der Waals surface area contributed by atoms with Gasteiger partial charge in [-0.3, -0.25) is 4.79 Å². The van der Waals surface area contributed by atoms with Crippen molar-refractivity contribution in [2.24, 2.45) is 5.73 Å². The van der Waals surface area contributed by atoms with Gasteiger partial charge in [0.05, 0.1) is 10.1 Å². The first kappa shape index (κ1) is 21.1.